The minimum absolute atomic E-state index is 0.406. The normalized spacial score (nSPS) is 13.1. The van der Waals surface area contributed by atoms with Gasteiger partial charge in [-0.15, -0.1) is 0 Å². The Morgan fingerprint density at radius 3 is 2.44 bits per heavy atom. The molecule has 0 heterocycles. The maximum atomic E-state index is 10.2. The fourth-order valence-electron chi connectivity index (χ4n) is 1.84. The van der Waals surface area contributed by atoms with Gasteiger partial charge in [0.25, 0.3) is 0 Å². The zero-order valence-corrected chi connectivity index (χ0v) is 12.1. The summed E-state index contributed by atoms with van der Waals surface area (Å²) in [5.74, 6) is 0.581. The van der Waals surface area contributed by atoms with Crippen molar-refractivity contribution >= 4 is 27.5 Å². The van der Waals surface area contributed by atoms with Gasteiger partial charge in [0.15, 0.2) is 0 Å². The molecule has 0 radical (unpaired) electrons. The van der Waals surface area contributed by atoms with Gasteiger partial charge in [-0.3, -0.25) is 0 Å². The Hall–Kier alpha value is -0.0500. The molecule has 0 aliphatic carbocycles. The third-order valence-electron chi connectivity index (χ3n) is 3.03. The second-order valence-corrected chi connectivity index (χ2v) is 5.39. The van der Waals surface area contributed by atoms with Crippen molar-refractivity contribution in [1.29, 1.82) is 0 Å². The van der Waals surface area contributed by atoms with Crippen molar-refractivity contribution < 1.29 is 5.11 Å². The van der Waals surface area contributed by atoms with Gasteiger partial charge in [0.1, 0.15) is 0 Å². The van der Waals surface area contributed by atoms with Crippen LogP contribution in [0.2, 0.25) is 5.02 Å². The highest BCUT2D eigenvalue weighted by atomic mass is 79.9. The summed E-state index contributed by atoms with van der Waals surface area (Å²) in [5, 5.41) is 10.8. The lowest BCUT2D eigenvalue weighted by atomic mass is 9.93. The SMILES string of the molecule is CCC(CC)CC(O)c1ccc(Cl)cc1Br. The van der Waals surface area contributed by atoms with E-state index < -0.39 is 6.10 Å². The van der Waals surface area contributed by atoms with Gasteiger partial charge in [0, 0.05) is 9.50 Å². The van der Waals surface area contributed by atoms with Crippen molar-refractivity contribution in [1.82, 2.24) is 0 Å². The summed E-state index contributed by atoms with van der Waals surface area (Å²) in [7, 11) is 0. The van der Waals surface area contributed by atoms with Crippen molar-refractivity contribution in [2.45, 2.75) is 39.2 Å². The van der Waals surface area contributed by atoms with Crippen LogP contribution in [0.3, 0.4) is 0 Å². The van der Waals surface area contributed by atoms with Crippen molar-refractivity contribution in [3.05, 3.63) is 33.3 Å². The average molecular weight is 306 g/mol. The second kappa shape index (κ2) is 6.63. The molecule has 1 unspecified atom stereocenters. The second-order valence-electron chi connectivity index (χ2n) is 4.10. The first-order valence-electron chi connectivity index (χ1n) is 5.71. The molecule has 1 aromatic carbocycles. The lowest BCUT2D eigenvalue weighted by molar-refractivity contribution is 0.140. The van der Waals surface area contributed by atoms with Crippen molar-refractivity contribution in [2.75, 3.05) is 0 Å². The zero-order chi connectivity index (χ0) is 12.1. The number of aliphatic hydroxyl groups excluding tert-OH is 1. The van der Waals surface area contributed by atoms with Crippen LogP contribution in [0.4, 0.5) is 0 Å². The molecule has 3 heteroatoms. The molecule has 90 valence electrons. The molecule has 0 bridgehead atoms. The Morgan fingerprint density at radius 1 is 1.31 bits per heavy atom. The third-order valence-corrected chi connectivity index (χ3v) is 3.95. The van der Waals surface area contributed by atoms with Crippen molar-refractivity contribution in [3.8, 4) is 0 Å². The minimum Gasteiger partial charge on any atom is -0.388 e. The quantitative estimate of drug-likeness (QED) is 0.815. The van der Waals surface area contributed by atoms with Crippen LogP contribution in [0.1, 0.15) is 44.8 Å². The lowest BCUT2D eigenvalue weighted by Gasteiger charge is -2.18. The summed E-state index contributed by atoms with van der Waals surface area (Å²) < 4.78 is 0.887. The van der Waals surface area contributed by atoms with Crippen LogP contribution in [-0.2, 0) is 0 Å². The van der Waals surface area contributed by atoms with Crippen molar-refractivity contribution in [3.63, 3.8) is 0 Å². The fraction of sp³-hybridized carbons (Fsp3) is 0.538. The first kappa shape index (κ1) is 14.0. The number of rotatable bonds is 5. The molecular formula is C13H18BrClO. The van der Waals surface area contributed by atoms with E-state index in [4.69, 9.17) is 11.6 Å². The molecule has 1 atom stereocenters. The fourth-order valence-corrected chi connectivity index (χ4v) is 2.78. The first-order chi connectivity index (χ1) is 7.58. The average Bonchev–Trinajstić information content (AvgIpc) is 2.25. The van der Waals surface area contributed by atoms with Gasteiger partial charge in [-0.05, 0) is 30.0 Å². The minimum atomic E-state index is -0.406. The summed E-state index contributed by atoms with van der Waals surface area (Å²) in [6.07, 6.45) is 2.63. The zero-order valence-electron chi connectivity index (χ0n) is 9.71. The number of hydrogen-bond donors (Lipinski definition) is 1. The number of aliphatic hydroxyl groups is 1. The van der Waals surface area contributed by atoms with E-state index in [2.05, 4.69) is 29.8 Å². The Bertz CT molecular complexity index is 337. The van der Waals surface area contributed by atoms with Crippen LogP contribution in [0.5, 0.6) is 0 Å². The molecule has 0 aliphatic heterocycles. The number of hydrogen-bond acceptors (Lipinski definition) is 1. The molecule has 0 spiro atoms. The Balaban J connectivity index is 2.76. The van der Waals surface area contributed by atoms with E-state index in [9.17, 15) is 5.11 Å². The monoisotopic (exact) mass is 304 g/mol. The Morgan fingerprint density at radius 2 is 1.94 bits per heavy atom. The summed E-state index contributed by atoms with van der Waals surface area (Å²) in [6, 6.07) is 5.53. The standard InChI is InChI=1S/C13H18BrClO/c1-3-9(4-2)7-13(16)11-6-5-10(15)8-12(11)14/h5-6,8-9,13,16H,3-4,7H2,1-2H3. The molecule has 1 aromatic rings. The van der Waals surface area contributed by atoms with Gasteiger partial charge in [0.05, 0.1) is 6.10 Å². The highest BCUT2D eigenvalue weighted by Gasteiger charge is 2.15. The van der Waals surface area contributed by atoms with Gasteiger partial charge in [-0.1, -0.05) is 60.3 Å². The highest BCUT2D eigenvalue weighted by molar-refractivity contribution is 9.10. The number of benzene rings is 1. The number of halogens is 2. The van der Waals surface area contributed by atoms with E-state index in [1.165, 1.54) is 0 Å². The summed E-state index contributed by atoms with van der Waals surface area (Å²) in [6.45, 7) is 4.33. The predicted octanol–water partition coefficient (Wildman–Crippen LogP) is 4.96. The van der Waals surface area contributed by atoms with Crippen LogP contribution in [-0.4, -0.2) is 5.11 Å². The molecule has 16 heavy (non-hydrogen) atoms. The molecule has 1 N–H and O–H groups in total. The predicted molar refractivity (Wildman–Crippen MR) is 72.8 cm³/mol. The Kier molecular flexibility index (Phi) is 5.81. The first-order valence-corrected chi connectivity index (χ1v) is 6.88. The summed E-state index contributed by atoms with van der Waals surface area (Å²) in [5.41, 5.74) is 0.927. The molecule has 0 saturated carbocycles. The molecular weight excluding hydrogens is 287 g/mol. The van der Waals surface area contributed by atoms with Gasteiger partial charge in [-0.2, -0.15) is 0 Å². The van der Waals surface area contributed by atoms with Gasteiger partial charge >= 0.3 is 0 Å². The summed E-state index contributed by atoms with van der Waals surface area (Å²) in [4.78, 5) is 0. The van der Waals surface area contributed by atoms with Crippen LogP contribution >= 0.6 is 27.5 Å². The van der Waals surface area contributed by atoms with Gasteiger partial charge in [-0.25, -0.2) is 0 Å². The third kappa shape index (κ3) is 3.76. The smallest absolute Gasteiger partial charge is 0.0803 e. The maximum Gasteiger partial charge on any atom is 0.0803 e. The molecule has 0 aliphatic rings. The Labute approximate surface area is 111 Å². The van der Waals surface area contributed by atoms with Crippen LogP contribution in [0.25, 0.3) is 0 Å². The van der Waals surface area contributed by atoms with E-state index >= 15 is 0 Å². The molecule has 0 saturated heterocycles. The topological polar surface area (TPSA) is 20.2 Å². The van der Waals surface area contributed by atoms with Crippen LogP contribution < -0.4 is 0 Å². The molecule has 0 aromatic heterocycles. The van der Waals surface area contributed by atoms with E-state index in [1.54, 1.807) is 0 Å². The van der Waals surface area contributed by atoms with Gasteiger partial charge < -0.3 is 5.11 Å². The summed E-state index contributed by atoms with van der Waals surface area (Å²) >= 11 is 9.31. The molecule has 0 fully saturated rings. The highest BCUT2D eigenvalue weighted by Crippen LogP contribution is 2.31. The van der Waals surface area contributed by atoms with Crippen LogP contribution in [0.15, 0.2) is 22.7 Å². The molecule has 1 rings (SSSR count). The molecule has 1 nitrogen and oxygen atoms in total. The van der Waals surface area contributed by atoms with E-state index in [0.29, 0.717) is 10.9 Å². The largest absolute Gasteiger partial charge is 0.388 e. The van der Waals surface area contributed by atoms with Crippen molar-refractivity contribution in [2.24, 2.45) is 5.92 Å². The van der Waals surface area contributed by atoms with Crippen LogP contribution in [0, 0.1) is 5.92 Å². The maximum absolute atomic E-state index is 10.2. The molecule has 0 amide bonds. The lowest BCUT2D eigenvalue weighted by Crippen LogP contribution is -2.06. The van der Waals surface area contributed by atoms with E-state index in [1.807, 2.05) is 18.2 Å². The van der Waals surface area contributed by atoms with E-state index in [0.717, 1.165) is 29.3 Å². The van der Waals surface area contributed by atoms with Gasteiger partial charge in [0.2, 0.25) is 0 Å². The van der Waals surface area contributed by atoms with E-state index in [-0.39, 0.29) is 0 Å².